The molecule has 0 radical (unpaired) electrons. The molecule has 0 spiro atoms. The molecule has 3 unspecified atom stereocenters. The highest BCUT2D eigenvalue weighted by atomic mass is 16.2. The summed E-state index contributed by atoms with van der Waals surface area (Å²) in [6.07, 6.45) is 0.708. The molecule has 1 heterocycles. The summed E-state index contributed by atoms with van der Waals surface area (Å²) >= 11 is 0. The standard InChI is InChI=1S/C15H25N5O5/c1-8(21)11-3-2-6-20(11)15(25)10(4-5-12(17)22)19-14(24)9(16)7-13(18)23/h9-11H,2-7,16H2,1H3,(H2,17,22)(H2,18,23)(H,19,24). The van der Waals surface area contributed by atoms with Crippen LogP contribution in [0.2, 0.25) is 0 Å². The molecule has 0 aliphatic carbocycles. The van der Waals surface area contributed by atoms with E-state index in [4.69, 9.17) is 17.2 Å². The summed E-state index contributed by atoms with van der Waals surface area (Å²) in [5.74, 6) is -2.73. The summed E-state index contributed by atoms with van der Waals surface area (Å²) in [5, 5.41) is 2.43. The molecule has 1 saturated heterocycles. The second-order valence-electron chi connectivity index (χ2n) is 6.14. The second-order valence-corrected chi connectivity index (χ2v) is 6.14. The molecule has 1 rings (SSSR count). The van der Waals surface area contributed by atoms with Crippen molar-refractivity contribution in [2.45, 2.75) is 57.2 Å². The number of hydrogen-bond donors (Lipinski definition) is 4. The molecule has 0 aromatic heterocycles. The van der Waals surface area contributed by atoms with Gasteiger partial charge in [0.2, 0.25) is 23.6 Å². The van der Waals surface area contributed by atoms with Crippen molar-refractivity contribution < 1.29 is 24.0 Å². The van der Waals surface area contributed by atoms with Crippen LogP contribution in [0.1, 0.15) is 39.0 Å². The Kier molecular flexibility index (Phi) is 7.49. The first-order valence-corrected chi connectivity index (χ1v) is 8.07. The van der Waals surface area contributed by atoms with Crippen LogP contribution in [-0.4, -0.2) is 59.0 Å². The van der Waals surface area contributed by atoms with Gasteiger partial charge in [-0.25, -0.2) is 0 Å². The molecule has 1 fully saturated rings. The summed E-state index contributed by atoms with van der Waals surface area (Å²) in [4.78, 5) is 59.8. The van der Waals surface area contributed by atoms with E-state index in [1.54, 1.807) is 0 Å². The van der Waals surface area contributed by atoms with E-state index in [0.29, 0.717) is 19.4 Å². The Labute approximate surface area is 145 Å². The molecular weight excluding hydrogens is 330 g/mol. The number of nitrogens with one attached hydrogen (secondary N) is 1. The van der Waals surface area contributed by atoms with Crippen LogP contribution in [0.3, 0.4) is 0 Å². The Bertz CT molecular complexity index is 565. The normalized spacial score (nSPS) is 19.1. The molecule has 10 heteroatoms. The molecule has 0 aromatic carbocycles. The van der Waals surface area contributed by atoms with Crippen molar-refractivity contribution in [3.63, 3.8) is 0 Å². The number of rotatable bonds is 9. The number of likely N-dealkylation sites (tertiary alicyclic amines) is 1. The maximum Gasteiger partial charge on any atom is 0.245 e. The lowest BCUT2D eigenvalue weighted by Crippen LogP contribution is -2.55. The third kappa shape index (κ3) is 6.14. The fourth-order valence-electron chi connectivity index (χ4n) is 2.79. The minimum absolute atomic E-state index is 0.0235. The van der Waals surface area contributed by atoms with Gasteiger partial charge in [0.1, 0.15) is 6.04 Å². The largest absolute Gasteiger partial charge is 0.370 e. The zero-order chi connectivity index (χ0) is 19.1. The maximum atomic E-state index is 12.7. The summed E-state index contributed by atoms with van der Waals surface area (Å²) in [6, 6.07) is -2.80. The Morgan fingerprint density at radius 2 is 1.80 bits per heavy atom. The Hall–Kier alpha value is -2.49. The summed E-state index contributed by atoms with van der Waals surface area (Å²) < 4.78 is 0. The van der Waals surface area contributed by atoms with Gasteiger partial charge in [-0.05, 0) is 26.2 Å². The van der Waals surface area contributed by atoms with Crippen LogP contribution in [0.5, 0.6) is 0 Å². The van der Waals surface area contributed by atoms with Crippen LogP contribution >= 0.6 is 0 Å². The van der Waals surface area contributed by atoms with E-state index in [1.165, 1.54) is 11.8 Å². The fourth-order valence-corrected chi connectivity index (χ4v) is 2.79. The molecule has 10 nitrogen and oxygen atoms in total. The number of nitrogens with zero attached hydrogens (tertiary/aromatic N) is 1. The van der Waals surface area contributed by atoms with Gasteiger partial charge in [0.15, 0.2) is 5.78 Å². The highest BCUT2D eigenvalue weighted by Gasteiger charge is 2.36. The highest BCUT2D eigenvalue weighted by molar-refractivity contribution is 5.94. The first-order valence-electron chi connectivity index (χ1n) is 8.07. The topological polar surface area (TPSA) is 179 Å². The van der Waals surface area contributed by atoms with E-state index < -0.39 is 41.8 Å². The van der Waals surface area contributed by atoms with Gasteiger partial charge in [-0.2, -0.15) is 0 Å². The van der Waals surface area contributed by atoms with Crippen LogP contribution in [0.25, 0.3) is 0 Å². The van der Waals surface area contributed by atoms with E-state index in [2.05, 4.69) is 5.32 Å². The number of Topliss-reactive ketones (excluding diaryl/α,β-unsaturated/α-hetero) is 1. The average molecular weight is 355 g/mol. The monoisotopic (exact) mass is 355 g/mol. The zero-order valence-corrected chi connectivity index (χ0v) is 14.2. The van der Waals surface area contributed by atoms with Crippen molar-refractivity contribution in [3.05, 3.63) is 0 Å². The van der Waals surface area contributed by atoms with Gasteiger partial charge in [0.05, 0.1) is 18.5 Å². The van der Waals surface area contributed by atoms with Gasteiger partial charge in [0.25, 0.3) is 0 Å². The van der Waals surface area contributed by atoms with Crippen LogP contribution < -0.4 is 22.5 Å². The van der Waals surface area contributed by atoms with Gasteiger partial charge >= 0.3 is 0 Å². The summed E-state index contributed by atoms with van der Waals surface area (Å²) in [7, 11) is 0. The van der Waals surface area contributed by atoms with E-state index in [-0.39, 0.29) is 25.0 Å². The highest BCUT2D eigenvalue weighted by Crippen LogP contribution is 2.20. The molecule has 0 aromatic rings. The average Bonchev–Trinajstić information content (AvgIpc) is 2.99. The molecule has 4 amide bonds. The van der Waals surface area contributed by atoms with Crippen molar-refractivity contribution >= 4 is 29.4 Å². The quantitative estimate of drug-likeness (QED) is 0.355. The lowest BCUT2D eigenvalue weighted by molar-refractivity contribution is -0.141. The number of ketones is 1. The van der Waals surface area contributed by atoms with Gasteiger partial charge in [-0.1, -0.05) is 0 Å². The third-order valence-electron chi connectivity index (χ3n) is 4.06. The number of hydrogen-bond acceptors (Lipinski definition) is 6. The number of carbonyl (C=O) groups excluding carboxylic acids is 5. The minimum atomic E-state index is -1.21. The molecule has 1 aliphatic rings. The first kappa shape index (κ1) is 20.6. The Balaban J connectivity index is 2.86. The van der Waals surface area contributed by atoms with Crippen molar-refractivity contribution in [2.24, 2.45) is 17.2 Å². The molecule has 25 heavy (non-hydrogen) atoms. The second kappa shape index (κ2) is 9.11. The lowest BCUT2D eigenvalue weighted by atomic mass is 10.1. The molecule has 0 saturated carbocycles. The Morgan fingerprint density at radius 3 is 2.32 bits per heavy atom. The summed E-state index contributed by atoms with van der Waals surface area (Å²) in [5.41, 5.74) is 15.7. The van der Waals surface area contributed by atoms with E-state index >= 15 is 0 Å². The first-order chi connectivity index (χ1) is 11.6. The molecule has 7 N–H and O–H groups in total. The van der Waals surface area contributed by atoms with Crippen LogP contribution in [-0.2, 0) is 24.0 Å². The molecule has 1 aliphatic heterocycles. The Morgan fingerprint density at radius 1 is 1.16 bits per heavy atom. The maximum absolute atomic E-state index is 12.7. The number of carbonyl (C=O) groups is 5. The lowest BCUT2D eigenvalue weighted by Gasteiger charge is -2.28. The smallest absolute Gasteiger partial charge is 0.245 e. The van der Waals surface area contributed by atoms with Gasteiger partial charge in [-0.15, -0.1) is 0 Å². The van der Waals surface area contributed by atoms with Crippen molar-refractivity contribution in [3.8, 4) is 0 Å². The molecule has 140 valence electrons. The van der Waals surface area contributed by atoms with Crippen LogP contribution in [0.4, 0.5) is 0 Å². The van der Waals surface area contributed by atoms with Crippen LogP contribution in [0, 0.1) is 0 Å². The van der Waals surface area contributed by atoms with Crippen LogP contribution in [0.15, 0.2) is 0 Å². The van der Waals surface area contributed by atoms with Crippen molar-refractivity contribution in [2.75, 3.05) is 6.54 Å². The van der Waals surface area contributed by atoms with E-state index in [9.17, 15) is 24.0 Å². The number of amides is 4. The number of primary amides is 2. The van der Waals surface area contributed by atoms with Gasteiger partial charge in [0, 0.05) is 13.0 Å². The minimum Gasteiger partial charge on any atom is -0.370 e. The fraction of sp³-hybridized carbons (Fsp3) is 0.667. The SMILES string of the molecule is CC(=O)C1CCCN1C(=O)C(CCC(N)=O)NC(=O)C(N)CC(N)=O. The van der Waals surface area contributed by atoms with E-state index in [1.807, 2.05) is 0 Å². The third-order valence-corrected chi connectivity index (χ3v) is 4.06. The molecule has 3 atom stereocenters. The number of nitrogens with two attached hydrogens (primary N) is 3. The predicted octanol–water partition coefficient (Wildman–Crippen LogP) is -2.48. The van der Waals surface area contributed by atoms with Gasteiger partial charge in [-0.3, -0.25) is 24.0 Å². The molecule has 0 bridgehead atoms. The van der Waals surface area contributed by atoms with E-state index in [0.717, 1.165) is 0 Å². The van der Waals surface area contributed by atoms with Gasteiger partial charge < -0.3 is 27.4 Å². The summed E-state index contributed by atoms with van der Waals surface area (Å²) in [6.45, 7) is 1.79. The van der Waals surface area contributed by atoms with Crippen molar-refractivity contribution in [1.82, 2.24) is 10.2 Å². The predicted molar refractivity (Wildman–Crippen MR) is 87.6 cm³/mol. The molecular formula is C15H25N5O5. The van der Waals surface area contributed by atoms with Crippen molar-refractivity contribution in [1.29, 1.82) is 0 Å². The zero-order valence-electron chi connectivity index (χ0n) is 14.2.